The predicted molar refractivity (Wildman–Crippen MR) is 98.3 cm³/mol. The van der Waals surface area contributed by atoms with Crippen LogP contribution in [0, 0.1) is 0 Å². The van der Waals surface area contributed by atoms with Crippen molar-refractivity contribution in [2.75, 3.05) is 0 Å². The van der Waals surface area contributed by atoms with Crippen molar-refractivity contribution in [2.45, 2.75) is 24.4 Å². The molecular formula is C17H15N5OS2. The summed E-state index contributed by atoms with van der Waals surface area (Å²) >= 11 is 3.14. The molecule has 0 aliphatic carbocycles. The summed E-state index contributed by atoms with van der Waals surface area (Å²) in [5.41, 5.74) is 1.06. The van der Waals surface area contributed by atoms with Gasteiger partial charge in [-0.3, -0.25) is 0 Å². The molecule has 0 N–H and O–H groups in total. The molecule has 0 unspecified atom stereocenters. The maximum Gasteiger partial charge on any atom is 0.237 e. The van der Waals surface area contributed by atoms with Crippen molar-refractivity contribution in [3.05, 3.63) is 53.7 Å². The Hall–Kier alpha value is -2.45. The van der Waals surface area contributed by atoms with Crippen LogP contribution in [0.25, 0.3) is 22.1 Å². The number of thioether (sulfide) groups is 1. The lowest BCUT2D eigenvalue weighted by Gasteiger charge is -2.06. The summed E-state index contributed by atoms with van der Waals surface area (Å²) in [5.74, 6) is 2.65. The minimum absolute atomic E-state index is 0.561. The lowest BCUT2D eigenvalue weighted by Crippen LogP contribution is -1.99. The highest BCUT2D eigenvalue weighted by atomic mass is 32.2. The van der Waals surface area contributed by atoms with E-state index in [9.17, 15) is 0 Å². The molecule has 0 amide bonds. The number of thiophene rings is 1. The molecule has 0 aliphatic rings. The van der Waals surface area contributed by atoms with Crippen molar-refractivity contribution in [1.29, 1.82) is 0 Å². The van der Waals surface area contributed by atoms with Crippen LogP contribution in [-0.2, 0) is 12.3 Å². The van der Waals surface area contributed by atoms with Crippen molar-refractivity contribution in [3.63, 3.8) is 0 Å². The second kappa shape index (κ2) is 7.20. The van der Waals surface area contributed by atoms with Crippen LogP contribution in [0.5, 0.6) is 0 Å². The average molecular weight is 369 g/mol. The molecule has 0 atom stereocenters. The summed E-state index contributed by atoms with van der Waals surface area (Å²) in [6, 6.07) is 14.0. The first-order valence-electron chi connectivity index (χ1n) is 7.83. The molecule has 25 heavy (non-hydrogen) atoms. The van der Waals surface area contributed by atoms with E-state index in [2.05, 4.69) is 31.8 Å². The van der Waals surface area contributed by atoms with Crippen LogP contribution in [0.2, 0.25) is 0 Å². The molecule has 126 valence electrons. The molecule has 0 fully saturated rings. The zero-order valence-electron chi connectivity index (χ0n) is 13.5. The Balaban J connectivity index is 1.51. The third-order valence-electron chi connectivity index (χ3n) is 3.60. The zero-order chi connectivity index (χ0) is 17.1. The van der Waals surface area contributed by atoms with Crippen LogP contribution >= 0.6 is 23.1 Å². The predicted octanol–water partition coefficient (Wildman–Crippen LogP) is 4.37. The Labute approximate surface area is 152 Å². The number of benzene rings is 1. The maximum atomic E-state index is 5.34. The van der Waals surface area contributed by atoms with E-state index >= 15 is 0 Å². The van der Waals surface area contributed by atoms with Gasteiger partial charge in [-0.25, -0.2) is 0 Å². The van der Waals surface area contributed by atoms with Gasteiger partial charge in [-0.2, -0.15) is 4.98 Å². The molecule has 3 aromatic heterocycles. The second-order valence-electron chi connectivity index (χ2n) is 5.19. The van der Waals surface area contributed by atoms with E-state index in [0.29, 0.717) is 17.5 Å². The van der Waals surface area contributed by atoms with E-state index in [1.807, 2.05) is 47.8 Å². The van der Waals surface area contributed by atoms with Crippen molar-refractivity contribution in [1.82, 2.24) is 24.9 Å². The topological polar surface area (TPSA) is 69.6 Å². The Morgan fingerprint density at radius 1 is 1.12 bits per heavy atom. The van der Waals surface area contributed by atoms with Crippen molar-refractivity contribution in [3.8, 4) is 22.1 Å². The van der Waals surface area contributed by atoms with E-state index in [4.69, 9.17) is 4.52 Å². The number of hydrogen-bond acceptors (Lipinski definition) is 7. The zero-order valence-corrected chi connectivity index (χ0v) is 15.1. The highest BCUT2D eigenvalue weighted by Gasteiger charge is 2.15. The lowest BCUT2D eigenvalue weighted by atomic mass is 10.2. The van der Waals surface area contributed by atoms with Crippen molar-refractivity contribution >= 4 is 23.1 Å². The fourth-order valence-corrected chi connectivity index (χ4v) is 3.92. The van der Waals surface area contributed by atoms with Crippen molar-refractivity contribution in [2.24, 2.45) is 0 Å². The van der Waals surface area contributed by atoms with Gasteiger partial charge in [0, 0.05) is 12.1 Å². The molecule has 3 heterocycles. The Morgan fingerprint density at radius 3 is 2.76 bits per heavy atom. The molecule has 6 nitrogen and oxygen atoms in total. The molecule has 0 bridgehead atoms. The molecule has 8 heteroatoms. The molecular weight excluding hydrogens is 354 g/mol. The summed E-state index contributed by atoms with van der Waals surface area (Å²) in [5, 5.41) is 15.5. The summed E-state index contributed by atoms with van der Waals surface area (Å²) in [6.45, 7) is 2.88. The second-order valence-corrected chi connectivity index (χ2v) is 7.08. The molecule has 0 spiro atoms. The molecule has 0 saturated heterocycles. The highest BCUT2D eigenvalue weighted by Crippen LogP contribution is 2.27. The van der Waals surface area contributed by atoms with Gasteiger partial charge in [0.25, 0.3) is 0 Å². The van der Waals surface area contributed by atoms with Gasteiger partial charge in [0.05, 0.1) is 10.6 Å². The van der Waals surface area contributed by atoms with Gasteiger partial charge >= 0.3 is 0 Å². The maximum absolute atomic E-state index is 5.34. The largest absolute Gasteiger partial charge is 0.338 e. The van der Waals surface area contributed by atoms with Crippen LogP contribution < -0.4 is 0 Å². The molecule has 1 aromatic carbocycles. The van der Waals surface area contributed by atoms with E-state index in [-0.39, 0.29) is 0 Å². The van der Waals surface area contributed by atoms with E-state index in [1.54, 1.807) is 23.1 Å². The van der Waals surface area contributed by atoms with Gasteiger partial charge < -0.3 is 9.09 Å². The first-order chi connectivity index (χ1) is 12.3. The van der Waals surface area contributed by atoms with Crippen LogP contribution in [0.4, 0.5) is 0 Å². The average Bonchev–Trinajstić information content (AvgIpc) is 3.39. The monoisotopic (exact) mass is 369 g/mol. The smallest absolute Gasteiger partial charge is 0.237 e. The standard InChI is InChI=1S/C17H15N5OS2/c1-2-22-16(12-7-4-3-5-8-12)19-20-17(22)25-11-14-18-15(21-23-14)13-9-6-10-24-13/h3-10H,2,11H2,1H3. The molecule has 4 rings (SSSR count). The van der Waals surface area contributed by atoms with Gasteiger partial charge in [0.1, 0.15) is 0 Å². The first-order valence-corrected chi connectivity index (χ1v) is 9.69. The van der Waals surface area contributed by atoms with Crippen LogP contribution in [0.15, 0.2) is 57.5 Å². The Bertz CT molecular complexity index is 947. The minimum Gasteiger partial charge on any atom is -0.338 e. The van der Waals surface area contributed by atoms with Gasteiger partial charge in [-0.05, 0) is 18.4 Å². The van der Waals surface area contributed by atoms with Crippen LogP contribution in [0.1, 0.15) is 12.8 Å². The lowest BCUT2D eigenvalue weighted by molar-refractivity contribution is 0.391. The van der Waals surface area contributed by atoms with E-state index < -0.39 is 0 Å². The SMILES string of the molecule is CCn1c(SCc2nc(-c3cccs3)no2)nnc1-c1ccccc1. The summed E-state index contributed by atoms with van der Waals surface area (Å²) in [6.07, 6.45) is 0. The minimum atomic E-state index is 0.561. The van der Waals surface area contributed by atoms with Gasteiger partial charge in [0.15, 0.2) is 11.0 Å². The van der Waals surface area contributed by atoms with Gasteiger partial charge in [0.2, 0.25) is 11.7 Å². The first kappa shape index (κ1) is 16.0. The number of rotatable bonds is 6. The molecule has 0 radical (unpaired) electrons. The Kier molecular flexibility index (Phi) is 4.62. The highest BCUT2D eigenvalue weighted by molar-refractivity contribution is 7.98. The van der Waals surface area contributed by atoms with E-state index in [0.717, 1.165) is 28.0 Å². The molecule has 4 aromatic rings. The molecule has 0 saturated carbocycles. The van der Waals surface area contributed by atoms with E-state index in [1.165, 1.54) is 0 Å². The molecule has 0 aliphatic heterocycles. The van der Waals surface area contributed by atoms with Crippen LogP contribution in [0.3, 0.4) is 0 Å². The van der Waals surface area contributed by atoms with Crippen LogP contribution in [-0.4, -0.2) is 24.9 Å². The normalized spacial score (nSPS) is 11.1. The summed E-state index contributed by atoms with van der Waals surface area (Å²) < 4.78 is 7.44. The fourth-order valence-electron chi connectivity index (χ4n) is 2.43. The number of hydrogen-bond donors (Lipinski definition) is 0. The fraction of sp³-hybridized carbons (Fsp3) is 0.176. The summed E-state index contributed by atoms with van der Waals surface area (Å²) in [7, 11) is 0. The van der Waals surface area contributed by atoms with Gasteiger partial charge in [-0.1, -0.05) is 53.3 Å². The third-order valence-corrected chi connectivity index (χ3v) is 5.42. The third kappa shape index (κ3) is 3.35. The Morgan fingerprint density at radius 2 is 2.00 bits per heavy atom. The summed E-state index contributed by atoms with van der Waals surface area (Å²) in [4.78, 5) is 5.45. The number of aromatic nitrogens is 5. The van der Waals surface area contributed by atoms with Gasteiger partial charge in [-0.15, -0.1) is 21.5 Å². The number of nitrogens with zero attached hydrogens (tertiary/aromatic N) is 5. The van der Waals surface area contributed by atoms with Crippen molar-refractivity contribution < 1.29 is 4.52 Å². The quantitative estimate of drug-likeness (QED) is 0.470.